The summed E-state index contributed by atoms with van der Waals surface area (Å²) in [4.78, 5) is 38.4. The number of ether oxygens (including phenoxy) is 1. The molecule has 0 unspecified atom stereocenters. The molecule has 0 spiro atoms. The van der Waals surface area contributed by atoms with E-state index in [1.807, 2.05) is 48.6 Å². The Kier molecular flexibility index (Phi) is 5.81. The second-order valence-corrected chi connectivity index (χ2v) is 10.1. The number of rotatable bonds is 5. The van der Waals surface area contributed by atoms with Crippen molar-refractivity contribution in [1.29, 1.82) is 0 Å². The van der Waals surface area contributed by atoms with Gasteiger partial charge in [-0.2, -0.15) is 0 Å². The fourth-order valence-electron chi connectivity index (χ4n) is 6.06. The summed E-state index contributed by atoms with van der Waals surface area (Å²) in [6.07, 6.45) is 7.81. The maximum absolute atomic E-state index is 13.9. The van der Waals surface area contributed by atoms with Gasteiger partial charge in [0.05, 0.1) is 13.1 Å². The number of aliphatic hydroxyl groups is 1. The lowest BCUT2D eigenvalue weighted by atomic mass is 9.81. The Bertz CT molecular complexity index is 1320. The molecule has 4 heterocycles. The highest BCUT2D eigenvalue weighted by Gasteiger charge is 2.52. The van der Waals surface area contributed by atoms with E-state index < -0.39 is 11.6 Å². The van der Waals surface area contributed by atoms with Gasteiger partial charge in [0.1, 0.15) is 19.2 Å². The molecule has 2 N–H and O–H groups in total. The molecule has 1 aliphatic carbocycles. The molecule has 7 rings (SSSR count). The zero-order chi connectivity index (χ0) is 25.5. The number of quaternary nitrogens is 1. The summed E-state index contributed by atoms with van der Waals surface area (Å²) in [5.41, 5.74) is 0.603. The number of benzene rings is 2. The van der Waals surface area contributed by atoms with Crippen LogP contribution in [0.5, 0.6) is 0 Å². The van der Waals surface area contributed by atoms with Crippen molar-refractivity contribution < 1.29 is 23.9 Å². The quantitative estimate of drug-likeness (QED) is 0.410. The van der Waals surface area contributed by atoms with Gasteiger partial charge in [0.15, 0.2) is 12.6 Å². The monoisotopic (exact) mass is 498 g/mol. The number of anilines is 1. The maximum Gasteiger partial charge on any atom is 0.348 e. The van der Waals surface area contributed by atoms with Crippen LogP contribution < -0.4 is 5.32 Å². The van der Waals surface area contributed by atoms with Crippen molar-refractivity contribution in [2.45, 2.75) is 24.5 Å². The molecule has 2 aromatic carbocycles. The lowest BCUT2D eigenvalue weighted by Gasteiger charge is -2.51. The number of piperidine rings is 3. The van der Waals surface area contributed by atoms with Crippen LogP contribution in [0.4, 0.5) is 5.95 Å². The van der Waals surface area contributed by atoms with E-state index in [-0.39, 0.29) is 30.4 Å². The number of nitrogens with one attached hydrogen (secondary N) is 1. The zero-order valence-electron chi connectivity index (χ0n) is 20.3. The van der Waals surface area contributed by atoms with Gasteiger partial charge in [0, 0.05) is 29.9 Å². The van der Waals surface area contributed by atoms with E-state index in [4.69, 9.17) is 4.74 Å². The van der Waals surface area contributed by atoms with Crippen LogP contribution in [0, 0.1) is 5.92 Å². The van der Waals surface area contributed by atoms with Crippen LogP contribution in [0.2, 0.25) is 0 Å². The van der Waals surface area contributed by atoms with Gasteiger partial charge in [0.2, 0.25) is 11.5 Å². The van der Waals surface area contributed by atoms with Crippen molar-refractivity contribution >= 4 is 30.0 Å². The van der Waals surface area contributed by atoms with Crippen LogP contribution in [0.25, 0.3) is 12.2 Å². The summed E-state index contributed by atoms with van der Waals surface area (Å²) >= 11 is 0. The van der Waals surface area contributed by atoms with Crippen molar-refractivity contribution in [3.05, 3.63) is 83.4 Å². The second kappa shape index (κ2) is 9.17. The topological polar surface area (TPSA) is 114 Å². The largest absolute Gasteiger partial charge is 0.453 e. The normalized spacial score (nSPS) is 24.9. The van der Waals surface area contributed by atoms with Gasteiger partial charge < -0.3 is 14.3 Å². The Labute approximate surface area is 214 Å². The maximum atomic E-state index is 13.9. The lowest BCUT2D eigenvalue weighted by Crippen LogP contribution is -2.66. The second-order valence-electron chi connectivity index (χ2n) is 10.1. The van der Waals surface area contributed by atoms with Crippen LogP contribution in [0.3, 0.4) is 0 Å². The van der Waals surface area contributed by atoms with Crippen LogP contribution in [0.15, 0.2) is 61.2 Å². The minimum atomic E-state index is -1.94. The molecule has 3 aliphatic heterocycles. The van der Waals surface area contributed by atoms with E-state index in [9.17, 15) is 14.7 Å². The van der Waals surface area contributed by atoms with Crippen LogP contribution >= 0.6 is 0 Å². The molecule has 1 atom stereocenters. The number of carbonyl (C=O) groups is 2. The minimum Gasteiger partial charge on any atom is -0.453 e. The summed E-state index contributed by atoms with van der Waals surface area (Å²) in [5, 5.41) is 14.8. The van der Waals surface area contributed by atoms with Crippen LogP contribution in [0.1, 0.15) is 35.1 Å². The summed E-state index contributed by atoms with van der Waals surface area (Å²) in [5.74, 6) is -0.446. The molecular weight excluding hydrogens is 470 g/mol. The van der Waals surface area contributed by atoms with Crippen molar-refractivity contribution in [2.24, 2.45) is 5.92 Å². The summed E-state index contributed by atoms with van der Waals surface area (Å²) in [7, 11) is 0. The van der Waals surface area contributed by atoms with Gasteiger partial charge in [-0.25, -0.2) is 19.7 Å². The highest BCUT2D eigenvalue weighted by molar-refractivity contribution is 5.92. The Balaban J connectivity index is 1.25. The van der Waals surface area contributed by atoms with E-state index in [0.717, 1.165) is 37.1 Å². The molecule has 3 saturated heterocycles. The van der Waals surface area contributed by atoms with Crippen molar-refractivity contribution in [2.75, 3.05) is 31.5 Å². The standard InChI is InChI=1S/C28H27N5O4/c34-25(32-27-30-17-29-18-31-27)16-33-13-11-21(12-14-33)24(15-33)37-26(35)28(36)22-7-3-1-5-19(22)9-10-20-6-2-4-8-23(20)28/h1-10,17-18,21,24,36H,11-16H2/p+1/t21?,24-,33?/m0/s1. The molecule has 37 heavy (non-hydrogen) atoms. The van der Waals surface area contributed by atoms with Crippen LogP contribution in [-0.2, 0) is 19.9 Å². The number of fused-ring (bicyclic) bond motifs is 5. The van der Waals surface area contributed by atoms with E-state index in [2.05, 4.69) is 20.3 Å². The number of esters is 1. The van der Waals surface area contributed by atoms with E-state index in [0.29, 0.717) is 22.2 Å². The van der Waals surface area contributed by atoms with Crippen molar-refractivity contribution in [3.8, 4) is 0 Å². The van der Waals surface area contributed by atoms with Crippen molar-refractivity contribution in [3.63, 3.8) is 0 Å². The predicted octanol–water partition coefficient (Wildman–Crippen LogP) is 2.38. The van der Waals surface area contributed by atoms with E-state index in [1.54, 1.807) is 12.1 Å². The third kappa shape index (κ3) is 4.20. The first-order valence-electron chi connectivity index (χ1n) is 12.5. The number of hydrogen-bond acceptors (Lipinski definition) is 7. The van der Waals surface area contributed by atoms with Gasteiger partial charge >= 0.3 is 5.97 Å². The number of hydrogen-bond donors (Lipinski definition) is 2. The number of carbonyl (C=O) groups excluding carboxylic acids is 2. The van der Waals surface area contributed by atoms with Crippen molar-refractivity contribution in [1.82, 2.24) is 15.0 Å². The average molecular weight is 499 g/mol. The van der Waals surface area contributed by atoms with Gasteiger partial charge in [-0.15, -0.1) is 0 Å². The molecule has 3 fully saturated rings. The Morgan fingerprint density at radius 1 is 0.973 bits per heavy atom. The molecular formula is C28H28N5O4+. The minimum absolute atomic E-state index is 0.187. The van der Waals surface area contributed by atoms with E-state index in [1.165, 1.54) is 12.7 Å². The summed E-state index contributed by atoms with van der Waals surface area (Å²) in [6, 6.07) is 14.7. The molecule has 1 aromatic heterocycles. The Morgan fingerprint density at radius 3 is 2.19 bits per heavy atom. The smallest absolute Gasteiger partial charge is 0.348 e. The molecule has 2 bridgehead atoms. The SMILES string of the molecule is O=C(C[N+]12CCC(CC1)[C@@H](OC(=O)C1(O)c3ccccc3C=Cc3ccccc31)C2)Nc1ncncn1. The molecule has 0 saturated carbocycles. The zero-order valence-corrected chi connectivity index (χ0v) is 20.3. The highest BCUT2D eigenvalue weighted by atomic mass is 16.6. The van der Waals surface area contributed by atoms with Gasteiger partial charge in [0.25, 0.3) is 5.91 Å². The molecule has 9 heteroatoms. The predicted molar refractivity (Wildman–Crippen MR) is 136 cm³/mol. The Hall–Kier alpha value is -3.95. The van der Waals surface area contributed by atoms with Gasteiger partial charge in [-0.3, -0.25) is 10.1 Å². The number of amides is 1. The first-order chi connectivity index (χ1) is 18.0. The molecule has 0 radical (unpaired) electrons. The number of aromatic nitrogens is 3. The summed E-state index contributed by atoms with van der Waals surface area (Å²) in [6.45, 7) is 2.44. The highest BCUT2D eigenvalue weighted by Crippen LogP contribution is 2.41. The summed E-state index contributed by atoms with van der Waals surface area (Å²) < 4.78 is 6.69. The van der Waals surface area contributed by atoms with E-state index >= 15 is 0 Å². The Morgan fingerprint density at radius 2 is 1.57 bits per heavy atom. The third-order valence-electron chi connectivity index (χ3n) is 7.96. The van der Waals surface area contributed by atoms with Crippen LogP contribution in [-0.4, -0.2) is 68.7 Å². The molecule has 1 amide bonds. The molecule has 9 nitrogen and oxygen atoms in total. The van der Waals surface area contributed by atoms with Gasteiger partial charge in [-0.05, 0) is 11.1 Å². The lowest BCUT2D eigenvalue weighted by molar-refractivity contribution is -0.939. The number of nitrogens with zero attached hydrogens (tertiary/aromatic N) is 4. The fraction of sp³-hybridized carbons (Fsp3) is 0.321. The first kappa shape index (κ1) is 23.4. The molecule has 188 valence electrons. The fourth-order valence-corrected chi connectivity index (χ4v) is 6.06. The van der Waals surface area contributed by atoms with Gasteiger partial charge in [-0.1, -0.05) is 60.7 Å². The molecule has 4 aliphatic rings. The molecule has 3 aromatic rings. The third-order valence-corrected chi connectivity index (χ3v) is 7.96. The average Bonchev–Trinajstić information content (AvgIpc) is 3.05. The first-order valence-corrected chi connectivity index (χ1v) is 12.5.